The quantitative estimate of drug-likeness (QED) is 0.629. The number of carbonyl (C=O) groups excluding carboxylic acids is 2. The molecule has 2 aromatic rings. The highest BCUT2D eigenvalue weighted by Crippen LogP contribution is 2.29. The summed E-state index contributed by atoms with van der Waals surface area (Å²) in [7, 11) is 0. The third-order valence-electron chi connectivity index (χ3n) is 3.70. The van der Waals surface area contributed by atoms with E-state index in [1.807, 2.05) is 6.07 Å². The number of benzene rings is 1. The van der Waals surface area contributed by atoms with Crippen molar-refractivity contribution in [2.45, 2.75) is 26.7 Å². The Kier molecular flexibility index (Phi) is 6.02. The number of halogens is 1. The second-order valence-electron chi connectivity index (χ2n) is 5.55. The highest BCUT2D eigenvalue weighted by atomic mass is 19.1. The van der Waals surface area contributed by atoms with Crippen LogP contribution in [0.5, 0.6) is 5.75 Å². The van der Waals surface area contributed by atoms with Crippen LogP contribution in [-0.4, -0.2) is 28.4 Å². The zero-order chi connectivity index (χ0) is 19.3. The van der Waals surface area contributed by atoms with Crippen LogP contribution in [0.4, 0.5) is 4.39 Å². The summed E-state index contributed by atoms with van der Waals surface area (Å²) in [6.45, 7) is 3.52. The fourth-order valence-electron chi connectivity index (χ4n) is 2.44. The van der Waals surface area contributed by atoms with Gasteiger partial charge in [-0.3, -0.25) is 9.59 Å². The van der Waals surface area contributed by atoms with Gasteiger partial charge in [-0.1, -0.05) is 0 Å². The van der Waals surface area contributed by atoms with Crippen molar-refractivity contribution in [1.82, 2.24) is 4.98 Å². The number of Topliss-reactive ketones (excluding diaryl/α,β-unsaturated/α-hetero) is 1. The number of ketones is 1. The highest BCUT2D eigenvalue weighted by molar-refractivity contribution is 5.99. The smallest absolute Gasteiger partial charge is 0.306 e. The Bertz CT molecular complexity index is 903. The lowest BCUT2D eigenvalue weighted by molar-refractivity contribution is -0.143. The predicted molar refractivity (Wildman–Crippen MR) is 90.9 cm³/mol. The number of nitrogens with zero attached hydrogens (tertiary/aromatic N) is 2. The number of nitriles is 1. The van der Waals surface area contributed by atoms with Gasteiger partial charge in [0.05, 0.1) is 24.3 Å². The number of pyridine rings is 1. The molecule has 134 valence electrons. The number of hydrogen-bond donors (Lipinski definition) is 1. The van der Waals surface area contributed by atoms with Crippen LogP contribution in [0.2, 0.25) is 0 Å². The molecule has 0 amide bonds. The van der Waals surface area contributed by atoms with Gasteiger partial charge < -0.3 is 9.84 Å². The Balaban J connectivity index is 2.42. The standard InChI is InChI=1S/C19H17FN2O4/c1-3-26-17(24)7-6-16(23)18-19(25)12(10-21)9-15(22-18)14-5-4-13(20)8-11(14)2/h4-5,8-9,25H,3,6-7H2,1-2H3. The van der Waals surface area contributed by atoms with E-state index < -0.39 is 23.3 Å². The minimum atomic E-state index is -0.589. The van der Waals surface area contributed by atoms with E-state index in [-0.39, 0.29) is 36.4 Å². The van der Waals surface area contributed by atoms with E-state index in [2.05, 4.69) is 4.98 Å². The molecule has 6 nitrogen and oxygen atoms in total. The second-order valence-corrected chi connectivity index (χ2v) is 5.55. The van der Waals surface area contributed by atoms with Crippen molar-refractivity contribution in [3.8, 4) is 23.1 Å². The first-order valence-corrected chi connectivity index (χ1v) is 7.96. The molecule has 1 heterocycles. The predicted octanol–water partition coefficient (Wildman–Crippen LogP) is 3.30. The van der Waals surface area contributed by atoms with Crippen LogP contribution in [0, 0.1) is 24.1 Å². The number of aromatic hydroxyl groups is 1. The Morgan fingerprint density at radius 1 is 1.31 bits per heavy atom. The molecule has 0 bridgehead atoms. The normalized spacial score (nSPS) is 10.2. The lowest BCUT2D eigenvalue weighted by atomic mass is 10.0. The van der Waals surface area contributed by atoms with Crippen molar-refractivity contribution < 1.29 is 23.8 Å². The van der Waals surface area contributed by atoms with Crippen LogP contribution in [0.1, 0.15) is 41.4 Å². The number of aromatic nitrogens is 1. The molecule has 1 aromatic heterocycles. The van der Waals surface area contributed by atoms with Gasteiger partial charge in [0, 0.05) is 12.0 Å². The van der Waals surface area contributed by atoms with Crippen molar-refractivity contribution in [2.24, 2.45) is 0 Å². The Hall–Kier alpha value is -3.27. The molecule has 0 atom stereocenters. The molecule has 0 radical (unpaired) electrons. The number of aryl methyl sites for hydroxylation is 1. The van der Waals surface area contributed by atoms with Crippen LogP contribution in [0.25, 0.3) is 11.3 Å². The SMILES string of the molecule is CCOC(=O)CCC(=O)c1nc(-c2ccc(F)cc2C)cc(C#N)c1O. The topological polar surface area (TPSA) is 100 Å². The van der Waals surface area contributed by atoms with Gasteiger partial charge in [0.25, 0.3) is 0 Å². The molecule has 1 N–H and O–H groups in total. The summed E-state index contributed by atoms with van der Waals surface area (Å²) >= 11 is 0. The molecule has 0 aliphatic rings. The third-order valence-corrected chi connectivity index (χ3v) is 3.70. The molecule has 0 saturated carbocycles. The number of ether oxygens (including phenoxy) is 1. The van der Waals surface area contributed by atoms with Crippen LogP contribution < -0.4 is 0 Å². The van der Waals surface area contributed by atoms with E-state index in [1.165, 1.54) is 24.3 Å². The summed E-state index contributed by atoms with van der Waals surface area (Å²) in [5, 5.41) is 19.3. The van der Waals surface area contributed by atoms with E-state index in [0.29, 0.717) is 11.1 Å². The Morgan fingerprint density at radius 3 is 2.65 bits per heavy atom. The minimum absolute atomic E-state index is 0.127. The maximum Gasteiger partial charge on any atom is 0.306 e. The first-order valence-electron chi connectivity index (χ1n) is 7.96. The van der Waals surface area contributed by atoms with Crippen LogP contribution in [0.15, 0.2) is 24.3 Å². The van der Waals surface area contributed by atoms with Gasteiger partial charge in [-0.15, -0.1) is 0 Å². The minimum Gasteiger partial charge on any atom is -0.504 e. The molecule has 7 heteroatoms. The monoisotopic (exact) mass is 356 g/mol. The van der Waals surface area contributed by atoms with E-state index in [9.17, 15) is 24.3 Å². The molecular formula is C19H17FN2O4. The molecule has 0 unspecified atom stereocenters. The molecule has 2 rings (SSSR count). The average molecular weight is 356 g/mol. The zero-order valence-electron chi connectivity index (χ0n) is 14.4. The van der Waals surface area contributed by atoms with E-state index in [4.69, 9.17) is 4.74 Å². The number of carbonyl (C=O) groups is 2. The molecule has 26 heavy (non-hydrogen) atoms. The van der Waals surface area contributed by atoms with Gasteiger partial charge in [-0.25, -0.2) is 9.37 Å². The fourth-order valence-corrected chi connectivity index (χ4v) is 2.44. The van der Waals surface area contributed by atoms with Gasteiger partial charge in [-0.2, -0.15) is 5.26 Å². The molecule has 0 spiro atoms. The highest BCUT2D eigenvalue weighted by Gasteiger charge is 2.20. The Morgan fingerprint density at radius 2 is 2.04 bits per heavy atom. The zero-order valence-corrected chi connectivity index (χ0v) is 14.4. The molecular weight excluding hydrogens is 339 g/mol. The first kappa shape index (κ1) is 19.1. The van der Waals surface area contributed by atoms with E-state index in [1.54, 1.807) is 13.8 Å². The van der Waals surface area contributed by atoms with Crippen molar-refractivity contribution >= 4 is 11.8 Å². The second kappa shape index (κ2) is 8.21. The number of esters is 1. The maximum atomic E-state index is 13.3. The summed E-state index contributed by atoms with van der Waals surface area (Å²) in [4.78, 5) is 27.9. The lowest BCUT2D eigenvalue weighted by Gasteiger charge is -2.10. The van der Waals surface area contributed by atoms with E-state index in [0.717, 1.165) is 0 Å². The van der Waals surface area contributed by atoms with Crippen LogP contribution in [0.3, 0.4) is 0 Å². The first-order chi connectivity index (χ1) is 12.4. The van der Waals surface area contributed by atoms with Crippen molar-refractivity contribution in [2.75, 3.05) is 6.61 Å². The van der Waals surface area contributed by atoms with Gasteiger partial charge >= 0.3 is 5.97 Å². The fraction of sp³-hybridized carbons (Fsp3) is 0.263. The summed E-state index contributed by atoms with van der Waals surface area (Å²) < 4.78 is 18.1. The molecule has 0 fully saturated rings. The molecule has 0 saturated heterocycles. The molecule has 1 aromatic carbocycles. The van der Waals surface area contributed by atoms with Gasteiger partial charge in [0.15, 0.2) is 11.5 Å². The largest absolute Gasteiger partial charge is 0.504 e. The van der Waals surface area contributed by atoms with Gasteiger partial charge in [-0.05, 0) is 43.7 Å². The molecule has 0 aliphatic carbocycles. The lowest BCUT2D eigenvalue weighted by Crippen LogP contribution is -2.10. The maximum absolute atomic E-state index is 13.3. The Labute approximate surface area is 149 Å². The van der Waals surface area contributed by atoms with E-state index >= 15 is 0 Å². The third kappa shape index (κ3) is 4.22. The van der Waals surface area contributed by atoms with Crippen molar-refractivity contribution in [3.05, 3.63) is 46.9 Å². The van der Waals surface area contributed by atoms with Crippen molar-refractivity contribution in [1.29, 1.82) is 5.26 Å². The van der Waals surface area contributed by atoms with Crippen LogP contribution >= 0.6 is 0 Å². The van der Waals surface area contributed by atoms with Gasteiger partial charge in [0.1, 0.15) is 17.6 Å². The van der Waals surface area contributed by atoms with Crippen LogP contribution in [-0.2, 0) is 9.53 Å². The summed E-state index contributed by atoms with van der Waals surface area (Å²) in [5.41, 5.74) is 0.931. The van der Waals surface area contributed by atoms with Crippen molar-refractivity contribution in [3.63, 3.8) is 0 Å². The summed E-state index contributed by atoms with van der Waals surface area (Å²) in [5.74, 6) is -2.08. The molecule has 0 aliphatic heterocycles. The summed E-state index contributed by atoms with van der Waals surface area (Å²) in [6.07, 6.45) is -0.369. The van der Waals surface area contributed by atoms with Gasteiger partial charge in [0.2, 0.25) is 0 Å². The average Bonchev–Trinajstić information content (AvgIpc) is 2.60. The number of rotatable bonds is 6. The number of hydrogen-bond acceptors (Lipinski definition) is 6. The summed E-state index contributed by atoms with van der Waals surface area (Å²) in [6, 6.07) is 7.17.